The summed E-state index contributed by atoms with van der Waals surface area (Å²) in [6.45, 7) is 0. The largest absolute Gasteiger partial charge is 0.256 e. The van der Waals surface area contributed by atoms with Gasteiger partial charge in [-0.3, -0.25) is 15.0 Å². The predicted molar refractivity (Wildman–Crippen MR) is 109 cm³/mol. The standard InChI is InChI=1S/C21H14IN3/c22-18-7-10-25-21(14-18)17-12-15(19-5-1-3-8-23-19)11-16(13-17)20-6-2-4-9-24-20/h1-14H. The van der Waals surface area contributed by atoms with E-state index < -0.39 is 0 Å². The lowest BCUT2D eigenvalue weighted by Crippen LogP contribution is -1.90. The van der Waals surface area contributed by atoms with Gasteiger partial charge in [0.1, 0.15) is 0 Å². The highest BCUT2D eigenvalue weighted by molar-refractivity contribution is 14.1. The summed E-state index contributed by atoms with van der Waals surface area (Å²) in [4.78, 5) is 13.5. The van der Waals surface area contributed by atoms with E-state index >= 15 is 0 Å². The zero-order valence-corrected chi connectivity index (χ0v) is 15.5. The summed E-state index contributed by atoms with van der Waals surface area (Å²) < 4.78 is 1.16. The molecule has 0 atom stereocenters. The van der Waals surface area contributed by atoms with Crippen molar-refractivity contribution in [2.75, 3.05) is 0 Å². The number of hydrogen-bond donors (Lipinski definition) is 0. The Labute approximate surface area is 160 Å². The van der Waals surface area contributed by atoms with Crippen LogP contribution in [0.4, 0.5) is 0 Å². The maximum Gasteiger partial charge on any atom is 0.0712 e. The fraction of sp³-hybridized carbons (Fsp3) is 0. The topological polar surface area (TPSA) is 38.7 Å². The Kier molecular flexibility index (Phi) is 4.52. The van der Waals surface area contributed by atoms with E-state index in [9.17, 15) is 0 Å². The molecule has 0 fully saturated rings. The molecule has 3 aromatic heterocycles. The van der Waals surface area contributed by atoms with Crippen LogP contribution in [0.1, 0.15) is 0 Å². The Morgan fingerprint density at radius 3 is 1.52 bits per heavy atom. The first kappa shape index (κ1) is 15.9. The van der Waals surface area contributed by atoms with Crippen LogP contribution in [0.15, 0.2) is 85.3 Å². The average molecular weight is 435 g/mol. The van der Waals surface area contributed by atoms with Crippen molar-refractivity contribution in [2.24, 2.45) is 0 Å². The zero-order chi connectivity index (χ0) is 17.1. The molecule has 4 aromatic rings. The summed E-state index contributed by atoms with van der Waals surface area (Å²) in [7, 11) is 0. The van der Waals surface area contributed by atoms with Crippen LogP contribution in [-0.4, -0.2) is 15.0 Å². The van der Waals surface area contributed by atoms with Gasteiger partial charge in [-0.15, -0.1) is 0 Å². The Morgan fingerprint density at radius 1 is 0.520 bits per heavy atom. The molecular formula is C21H14IN3. The zero-order valence-electron chi connectivity index (χ0n) is 13.3. The number of rotatable bonds is 3. The molecule has 0 aliphatic heterocycles. The smallest absolute Gasteiger partial charge is 0.0712 e. The van der Waals surface area contributed by atoms with Crippen LogP contribution in [0.25, 0.3) is 33.8 Å². The summed E-state index contributed by atoms with van der Waals surface area (Å²) in [6, 6.07) is 22.3. The molecule has 0 saturated heterocycles. The second-order valence-corrected chi connectivity index (χ2v) is 6.83. The third-order valence-electron chi connectivity index (χ3n) is 3.87. The molecule has 4 rings (SSSR count). The molecule has 3 heterocycles. The maximum absolute atomic E-state index is 4.53. The Hall–Kier alpha value is -2.60. The van der Waals surface area contributed by atoms with Gasteiger partial charge in [-0.05, 0) is 77.2 Å². The lowest BCUT2D eigenvalue weighted by molar-refractivity contribution is 1.29. The van der Waals surface area contributed by atoms with Crippen LogP contribution in [-0.2, 0) is 0 Å². The third-order valence-corrected chi connectivity index (χ3v) is 4.54. The van der Waals surface area contributed by atoms with Gasteiger partial charge >= 0.3 is 0 Å². The van der Waals surface area contributed by atoms with E-state index in [0.29, 0.717) is 0 Å². The Balaban J connectivity index is 1.92. The molecule has 25 heavy (non-hydrogen) atoms. The van der Waals surface area contributed by atoms with E-state index in [2.05, 4.69) is 61.8 Å². The van der Waals surface area contributed by atoms with Gasteiger partial charge in [-0.1, -0.05) is 12.1 Å². The van der Waals surface area contributed by atoms with Crippen LogP contribution in [0.2, 0.25) is 0 Å². The molecule has 0 amide bonds. The third kappa shape index (κ3) is 3.58. The molecular weight excluding hydrogens is 421 g/mol. The van der Waals surface area contributed by atoms with Crippen LogP contribution >= 0.6 is 22.6 Å². The number of benzene rings is 1. The van der Waals surface area contributed by atoms with Gasteiger partial charge in [-0.2, -0.15) is 0 Å². The van der Waals surface area contributed by atoms with E-state index in [1.54, 1.807) is 0 Å². The Bertz CT molecular complexity index is 944. The molecule has 0 saturated carbocycles. The maximum atomic E-state index is 4.53. The van der Waals surface area contributed by atoms with Crippen molar-refractivity contribution in [3.05, 3.63) is 88.9 Å². The first-order valence-electron chi connectivity index (χ1n) is 7.89. The number of nitrogens with zero attached hydrogens (tertiary/aromatic N) is 3. The quantitative estimate of drug-likeness (QED) is 0.401. The van der Waals surface area contributed by atoms with Gasteiger partial charge in [0, 0.05) is 38.9 Å². The molecule has 0 radical (unpaired) electrons. The number of aromatic nitrogens is 3. The first-order chi connectivity index (χ1) is 12.3. The molecule has 3 nitrogen and oxygen atoms in total. The molecule has 0 aliphatic carbocycles. The van der Waals surface area contributed by atoms with E-state index in [0.717, 1.165) is 37.3 Å². The van der Waals surface area contributed by atoms with Crippen LogP contribution < -0.4 is 0 Å². The second-order valence-electron chi connectivity index (χ2n) is 5.59. The first-order valence-corrected chi connectivity index (χ1v) is 8.97. The molecule has 1 aromatic carbocycles. The summed E-state index contributed by atoms with van der Waals surface area (Å²) in [5.74, 6) is 0. The van der Waals surface area contributed by atoms with E-state index in [-0.39, 0.29) is 0 Å². The lowest BCUT2D eigenvalue weighted by Gasteiger charge is -2.10. The fourth-order valence-electron chi connectivity index (χ4n) is 2.70. The van der Waals surface area contributed by atoms with E-state index in [1.165, 1.54) is 0 Å². The van der Waals surface area contributed by atoms with Gasteiger partial charge < -0.3 is 0 Å². The summed E-state index contributed by atoms with van der Waals surface area (Å²) in [5, 5.41) is 0. The highest BCUT2D eigenvalue weighted by atomic mass is 127. The van der Waals surface area contributed by atoms with Gasteiger partial charge in [0.2, 0.25) is 0 Å². The fourth-order valence-corrected chi connectivity index (χ4v) is 3.16. The van der Waals surface area contributed by atoms with Crippen molar-refractivity contribution in [3.63, 3.8) is 0 Å². The van der Waals surface area contributed by atoms with Crippen LogP contribution in [0.3, 0.4) is 0 Å². The molecule has 120 valence electrons. The SMILES string of the molecule is Ic1ccnc(-c2cc(-c3ccccn3)cc(-c3ccccn3)c2)c1. The minimum atomic E-state index is 0.937. The van der Waals surface area contributed by atoms with Gasteiger partial charge in [0.05, 0.1) is 17.1 Å². The highest BCUT2D eigenvalue weighted by Gasteiger charge is 2.09. The van der Waals surface area contributed by atoms with Crippen molar-refractivity contribution in [3.8, 4) is 33.8 Å². The minimum absolute atomic E-state index is 0.937. The lowest BCUT2D eigenvalue weighted by atomic mass is 9.99. The monoisotopic (exact) mass is 435 g/mol. The molecule has 0 aliphatic rings. The highest BCUT2D eigenvalue weighted by Crippen LogP contribution is 2.31. The van der Waals surface area contributed by atoms with Crippen LogP contribution in [0, 0.1) is 3.57 Å². The summed E-state index contributed by atoms with van der Waals surface area (Å²) in [5.41, 5.74) is 5.99. The van der Waals surface area contributed by atoms with Gasteiger partial charge in [0.15, 0.2) is 0 Å². The average Bonchev–Trinajstić information content (AvgIpc) is 2.69. The van der Waals surface area contributed by atoms with E-state index in [4.69, 9.17) is 0 Å². The molecule has 0 spiro atoms. The minimum Gasteiger partial charge on any atom is -0.256 e. The molecule has 0 N–H and O–H groups in total. The van der Waals surface area contributed by atoms with Crippen molar-refractivity contribution in [1.29, 1.82) is 0 Å². The number of pyridine rings is 3. The molecule has 4 heteroatoms. The summed E-state index contributed by atoms with van der Waals surface area (Å²) in [6.07, 6.45) is 5.46. The second kappa shape index (κ2) is 7.11. The summed E-state index contributed by atoms with van der Waals surface area (Å²) >= 11 is 2.31. The number of halogens is 1. The van der Waals surface area contributed by atoms with Crippen molar-refractivity contribution in [1.82, 2.24) is 15.0 Å². The van der Waals surface area contributed by atoms with Crippen molar-refractivity contribution < 1.29 is 0 Å². The van der Waals surface area contributed by atoms with Crippen molar-refractivity contribution in [2.45, 2.75) is 0 Å². The van der Waals surface area contributed by atoms with Gasteiger partial charge in [0.25, 0.3) is 0 Å². The molecule has 0 bridgehead atoms. The predicted octanol–water partition coefficient (Wildman–Crippen LogP) is 5.48. The Morgan fingerprint density at radius 2 is 1.04 bits per heavy atom. The van der Waals surface area contributed by atoms with Crippen molar-refractivity contribution >= 4 is 22.6 Å². The van der Waals surface area contributed by atoms with Gasteiger partial charge in [-0.25, -0.2) is 0 Å². The van der Waals surface area contributed by atoms with Crippen LogP contribution in [0.5, 0.6) is 0 Å². The molecule has 0 unspecified atom stereocenters. The van der Waals surface area contributed by atoms with E-state index in [1.807, 2.05) is 61.1 Å². The normalized spacial score (nSPS) is 10.6. The number of hydrogen-bond acceptors (Lipinski definition) is 3.